The molecule has 8 nitrogen and oxygen atoms in total. The first-order valence-corrected chi connectivity index (χ1v) is 10.7. The molecule has 8 heteroatoms. The molecule has 2 aromatic rings. The summed E-state index contributed by atoms with van der Waals surface area (Å²) in [4.78, 5) is 36.3. The number of amides is 2. The number of rotatable bonds is 7. The smallest absolute Gasteiger partial charge is 0.407 e. The fourth-order valence-electron chi connectivity index (χ4n) is 4.36. The number of ether oxygens (including phenoxy) is 2. The van der Waals surface area contributed by atoms with Crippen LogP contribution in [0.5, 0.6) is 0 Å². The molecule has 2 amide bonds. The number of terminal acetylenes is 1. The Morgan fingerprint density at radius 3 is 2.36 bits per heavy atom. The molecule has 1 aliphatic carbocycles. The highest BCUT2D eigenvalue weighted by atomic mass is 16.6. The Hall–Kier alpha value is -3.83. The predicted molar refractivity (Wildman–Crippen MR) is 119 cm³/mol. The molecule has 3 atom stereocenters. The molecule has 3 N–H and O–H groups in total. The molecule has 4 rings (SSSR count). The van der Waals surface area contributed by atoms with Crippen molar-refractivity contribution < 1.29 is 29.0 Å². The van der Waals surface area contributed by atoms with Gasteiger partial charge < -0.3 is 25.2 Å². The molecular weight excluding hydrogens is 424 g/mol. The third-order valence-electron chi connectivity index (χ3n) is 5.93. The number of benzene rings is 2. The van der Waals surface area contributed by atoms with Crippen LogP contribution in [-0.2, 0) is 19.1 Å². The van der Waals surface area contributed by atoms with E-state index in [4.69, 9.17) is 15.9 Å². The summed E-state index contributed by atoms with van der Waals surface area (Å²) < 4.78 is 11.0. The van der Waals surface area contributed by atoms with Gasteiger partial charge in [0.2, 0.25) is 0 Å². The van der Waals surface area contributed by atoms with Gasteiger partial charge in [0.1, 0.15) is 12.6 Å². The Balaban J connectivity index is 1.37. The monoisotopic (exact) mass is 448 g/mol. The molecule has 0 spiro atoms. The van der Waals surface area contributed by atoms with Crippen molar-refractivity contribution in [3.05, 3.63) is 59.7 Å². The fourth-order valence-corrected chi connectivity index (χ4v) is 4.36. The van der Waals surface area contributed by atoms with E-state index in [0.29, 0.717) is 6.42 Å². The number of alkyl carbamates (subject to hydrolysis) is 1. The maximum atomic E-state index is 12.5. The Kier molecular flexibility index (Phi) is 6.61. The number of aliphatic carboxylic acids is 1. The second-order valence-electron chi connectivity index (χ2n) is 7.96. The predicted octanol–water partition coefficient (Wildman–Crippen LogP) is 2.28. The molecule has 170 valence electrons. The van der Waals surface area contributed by atoms with Crippen molar-refractivity contribution in [3.8, 4) is 23.5 Å². The zero-order chi connectivity index (χ0) is 23.4. The van der Waals surface area contributed by atoms with Crippen LogP contribution in [0.3, 0.4) is 0 Å². The van der Waals surface area contributed by atoms with E-state index < -0.39 is 36.2 Å². The van der Waals surface area contributed by atoms with Crippen LogP contribution in [0.1, 0.15) is 29.9 Å². The number of carboxylic acids is 1. The minimum atomic E-state index is -1.24. The zero-order valence-corrected chi connectivity index (χ0v) is 17.8. The van der Waals surface area contributed by atoms with Crippen LogP contribution in [-0.4, -0.2) is 54.5 Å². The van der Waals surface area contributed by atoms with Crippen LogP contribution in [0.4, 0.5) is 4.79 Å². The molecule has 1 fully saturated rings. The molecule has 1 saturated heterocycles. The van der Waals surface area contributed by atoms with E-state index in [1.165, 1.54) is 0 Å². The third-order valence-corrected chi connectivity index (χ3v) is 5.93. The zero-order valence-electron chi connectivity index (χ0n) is 17.8. The van der Waals surface area contributed by atoms with Crippen molar-refractivity contribution >= 4 is 18.0 Å². The first kappa shape index (κ1) is 22.4. The van der Waals surface area contributed by atoms with E-state index >= 15 is 0 Å². The van der Waals surface area contributed by atoms with Gasteiger partial charge in [-0.25, -0.2) is 9.59 Å². The summed E-state index contributed by atoms with van der Waals surface area (Å²) in [6, 6.07) is 14.2. The van der Waals surface area contributed by atoms with E-state index in [1.807, 2.05) is 36.4 Å². The lowest BCUT2D eigenvalue weighted by Gasteiger charge is -2.21. The van der Waals surface area contributed by atoms with Gasteiger partial charge in [0.05, 0.1) is 6.04 Å². The SMILES string of the molecule is C#CCC(NC(=O)[C@H]1OCC[C@H]1NC(=O)OCC1c2ccccc2-c2ccccc21)C(=O)O. The number of carbonyl (C=O) groups excluding carboxylic acids is 2. The lowest BCUT2D eigenvalue weighted by Crippen LogP contribution is -2.52. The minimum Gasteiger partial charge on any atom is -0.480 e. The van der Waals surface area contributed by atoms with Crippen molar-refractivity contribution in [1.29, 1.82) is 0 Å². The fraction of sp³-hybridized carbons (Fsp3) is 0.320. The minimum absolute atomic E-state index is 0.0813. The quantitative estimate of drug-likeness (QED) is 0.560. The molecule has 1 unspecified atom stereocenters. The van der Waals surface area contributed by atoms with Crippen LogP contribution in [0, 0.1) is 12.3 Å². The van der Waals surface area contributed by atoms with Gasteiger partial charge in [-0.15, -0.1) is 12.3 Å². The highest BCUT2D eigenvalue weighted by Gasteiger charge is 2.37. The van der Waals surface area contributed by atoms with Gasteiger partial charge in [0.25, 0.3) is 5.91 Å². The van der Waals surface area contributed by atoms with Gasteiger partial charge in [-0.3, -0.25) is 4.79 Å². The van der Waals surface area contributed by atoms with Gasteiger partial charge in [-0.2, -0.15) is 0 Å². The summed E-state index contributed by atoms with van der Waals surface area (Å²) in [6.45, 7) is 0.396. The Labute approximate surface area is 191 Å². The van der Waals surface area contributed by atoms with Gasteiger partial charge in [0, 0.05) is 18.9 Å². The molecule has 2 aromatic carbocycles. The maximum Gasteiger partial charge on any atom is 0.407 e. The second kappa shape index (κ2) is 9.76. The Bertz CT molecular complexity index is 1060. The summed E-state index contributed by atoms with van der Waals surface area (Å²) in [5.74, 6) is 0.263. The average molecular weight is 448 g/mol. The standard InChI is InChI=1S/C25H24N2O6/c1-2-7-21(24(29)30)26-23(28)22-20(12-13-32-22)27-25(31)33-14-19-17-10-5-3-8-15(17)16-9-4-6-11-18(16)19/h1,3-6,8-11,19-22H,7,12-14H2,(H,26,28)(H,27,31)(H,29,30)/t20-,21?,22+/m1/s1. The van der Waals surface area contributed by atoms with E-state index in [1.54, 1.807) is 0 Å². The molecule has 0 bridgehead atoms. The number of nitrogens with one attached hydrogen (secondary N) is 2. The molecule has 1 aliphatic heterocycles. The lowest BCUT2D eigenvalue weighted by atomic mass is 9.98. The van der Waals surface area contributed by atoms with Gasteiger partial charge >= 0.3 is 12.1 Å². The molecule has 0 aromatic heterocycles. The van der Waals surface area contributed by atoms with Crippen molar-refractivity contribution in [3.63, 3.8) is 0 Å². The molecule has 33 heavy (non-hydrogen) atoms. The van der Waals surface area contributed by atoms with Crippen LogP contribution in [0.2, 0.25) is 0 Å². The Morgan fingerprint density at radius 1 is 1.12 bits per heavy atom. The highest BCUT2D eigenvalue weighted by Crippen LogP contribution is 2.44. The molecule has 1 heterocycles. The van der Waals surface area contributed by atoms with E-state index in [9.17, 15) is 19.5 Å². The Morgan fingerprint density at radius 2 is 1.76 bits per heavy atom. The first-order chi connectivity index (χ1) is 16.0. The van der Waals surface area contributed by atoms with Crippen molar-refractivity contribution in [1.82, 2.24) is 10.6 Å². The first-order valence-electron chi connectivity index (χ1n) is 10.7. The second-order valence-corrected chi connectivity index (χ2v) is 7.96. The van der Waals surface area contributed by atoms with E-state index in [2.05, 4.69) is 28.7 Å². The normalized spacial score (nSPS) is 19.6. The van der Waals surface area contributed by atoms with Gasteiger partial charge in [0.15, 0.2) is 6.10 Å². The molecule has 0 radical (unpaired) electrons. The largest absolute Gasteiger partial charge is 0.480 e. The van der Waals surface area contributed by atoms with Crippen LogP contribution < -0.4 is 10.6 Å². The topological polar surface area (TPSA) is 114 Å². The molecular formula is C25H24N2O6. The molecule has 2 aliphatic rings. The number of hydrogen-bond donors (Lipinski definition) is 3. The number of carbonyl (C=O) groups is 3. The average Bonchev–Trinajstić information content (AvgIpc) is 3.40. The van der Waals surface area contributed by atoms with Crippen molar-refractivity contribution in [2.24, 2.45) is 0 Å². The summed E-state index contributed by atoms with van der Waals surface area (Å²) in [5.41, 5.74) is 4.45. The number of fused-ring (bicyclic) bond motifs is 3. The lowest BCUT2D eigenvalue weighted by molar-refractivity contribution is -0.143. The van der Waals surface area contributed by atoms with Crippen LogP contribution in [0.15, 0.2) is 48.5 Å². The van der Waals surface area contributed by atoms with E-state index in [-0.39, 0.29) is 25.6 Å². The van der Waals surface area contributed by atoms with Gasteiger partial charge in [-0.05, 0) is 28.7 Å². The number of hydrogen-bond acceptors (Lipinski definition) is 5. The van der Waals surface area contributed by atoms with Gasteiger partial charge in [-0.1, -0.05) is 48.5 Å². The molecule has 0 saturated carbocycles. The summed E-state index contributed by atoms with van der Waals surface area (Å²) in [6.07, 6.45) is 3.72. The van der Waals surface area contributed by atoms with Crippen LogP contribution >= 0.6 is 0 Å². The van der Waals surface area contributed by atoms with Crippen molar-refractivity contribution in [2.75, 3.05) is 13.2 Å². The summed E-state index contributed by atoms with van der Waals surface area (Å²) >= 11 is 0. The van der Waals surface area contributed by atoms with Crippen molar-refractivity contribution in [2.45, 2.75) is 36.9 Å². The highest BCUT2D eigenvalue weighted by molar-refractivity contribution is 5.87. The maximum absolute atomic E-state index is 12.5. The summed E-state index contributed by atoms with van der Waals surface area (Å²) in [5, 5.41) is 14.2. The number of carboxylic acid groups (broad SMARTS) is 1. The third kappa shape index (κ3) is 4.69. The van der Waals surface area contributed by atoms with Crippen LogP contribution in [0.25, 0.3) is 11.1 Å². The summed E-state index contributed by atoms with van der Waals surface area (Å²) in [7, 11) is 0. The van der Waals surface area contributed by atoms with E-state index in [0.717, 1.165) is 22.3 Å².